The zero-order valence-corrected chi connectivity index (χ0v) is 10.4. The minimum absolute atomic E-state index is 0.0721. The highest BCUT2D eigenvalue weighted by Crippen LogP contribution is 2.30. The fourth-order valence-corrected chi connectivity index (χ4v) is 1.79. The average molecular weight is 302 g/mol. The van der Waals surface area contributed by atoms with E-state index in [1.165, 1.54) is 19.2 Å². The number of halogens is 1. The normalized spacial score (nSPS) is 9.76. The summed E-state index contributed by atoms with van der Waals surface area (Å²) >= 11 is 3.11. The van der Waals surface area contributed by atoms with Crippen LogP contribution in [0.4, 0.5) is 5.69 Å². The highest BCUT2D eigenvalue weighted by molar-refractivity contribution is 9.10. The summed E-state index contributed by atoms with van der Waals surface area (Å²) in [5, 5.41) is 10.9. The molecule has 6 nitrogen and oxygen atoms in total. The van der Waals surface area contributed by atoms with Crippen molar-refractivity contribution in [3.05, 3.63) is 37.8 Å². The Labute approximate surface area is 105 Å². The average Bonchev–Trinajstić information content (AvgIpc) is 2.30. The third-order valence-electron chi connectivity index (χ3n) is 2.12. The van der Waals surface area contributed by atoms with Gasteiger partial charge in [0.2, 0.25) is 0 Å². The fourth-order valence-electron chi connectivity index (χ4n) is 1.33. The molecular weight excluding hydrogens is 294 g/mol. The molecule has 1 aromatic rings. The Hall–Kier alpha value is -1.76. The second-order valence-electron chi connectivity index (χ2n) is 3.09. The molecule has 0 atom stereocenters. The molecule has 0 aliphatic rings. The Morgan fingerprint density at radius 1 is 1.59 bits per heavy atom. The maximum absolute atomic E-state index is 11.2. The van der Waals surface area contributed by atoms with Gasteiger partial charge in [-0.05, 0) is 12.1 Å². The summed E-state index contributed by atoms with van der Waals surface area (Å²) in [6.07, 6.45) is 0.112. The predicted octanol–water partition coefficient (Wildman–Crippen LogP) is 1.89. The number of aldehydes is 1. The van der Waals surface area contributed by atoms with Crippen molar-refractivity contribution in [1.82, 2.24) is 0 Å². The van der Waals surface area contributed by atoms with Crippen molar-refractivity contribution in [3.63, 3.8) is 0 Å². The molecule has 0 saturated heterocycles. The molecule has 0 amide bonds. The molecule has 0 radical (unpaired) electrons. The van der Waals surface area contributed by atoms with Gasteiger partial charge in [-0.15, -0.1) is 0 Å². The van der Waals surface area contributed by atoms with Crippen molar-refractivity contribution in [2.24, 2.45) is 0 Å². The van der Waals surface area contributed by atoms with Gasteiger partial charge < -0.3 is 4.74 Å². The van der Waals surface area contributed by atoms with E-state index in [2.05, 4.69) is 20.7 Å². The molecule has 1 rings (SSSR count). The minimum atomic E-state index is -0.688. The first-order chi connectivity index (χ1) is 8.01. The van der Waals surface area contributed by atoms with Crippen LogP contribution in [0.25, 0.3) is 0 Å². The fraction of sp³-hybridized carbons (Fsp3) is 0.200. The van der Waals surface area contributed by atoms with Crippen molar-refractivity contribution in [2.75, 3.05) is 7.11 Å². The van der Waals surface area contributed by atoms with Gasteiger partial charge in [0.05, 0.1) is 29.6 Å². The third-order valence-corrected chi connectivity index (χ3v) is 2.86. The first-order valence-electron chi connectivity index (χ1n) is 4.49. The van der Waals surface area contributed by atoms with Crippen molar-refractivity contribution in [1.29, 1.82) is 0 Å². The standard InChI is InChI=1S/C10H8BrNO5/c1-17-9(14)4-7-8(11)3-2-6(5-13)10(7)12(15)16/h2-3,5H,4H2,1H3. The Morgan fingerprint density at radius 2 is 2.24 bits per heavy atom. The number of methoxy groups -OCH3 is 1. The van der Waals surface area contributed by atoms with Crippen molar-refractivity contribution in [3.8, 4) is 0 Å². The summed E-state index contributed by atoms with van der Waals surface area (Å²) in [5.41, 5.74) is -0.316. The zero-order valence-electron chi connectivity index (χ0n) is 8.81. The Kier molecular flexibility index (Phi) is 4.33. The number of carbonyl (C=O) groups excluding carboxylic acids is 2. The van der Waals surface area contributed by atoms with E-state index in [0.29, 0.717) is 10.8 Å². The van der Waals surface area contributed by atoms with Gasteiger partial charge in [0.1, 0.15) is 0 Å². The van der Waals surface area contributed by atoms with Crippen LogP contribution >= 0.6 is 15.9 Å². The molecule has 0 fully saturated rings. The van der Waals surface area contributed by atoms with Crippen LogP contribution in [0.2, 0.25) is 0 Å². The van der Waals surface area contributed by atoms with Crippen molar-refractivity contribution >= 4 is 33.9 Å². The molecule has 90 valence electrons. The van der Waals surface area contributed by atoms with E-state index in [1.807, 2.05) is 0 Å². The lowest BCUT2D eigenvalue weighted by Gasteiger charge is -2.06. The maximum Gasteiger partial charge on any atom is 0.310 e. The van der Waals surface area contributed by atoms with E-state index in [-0.39, 0.29) is 23.2 Å². The van der Waals surface area contributed by atoms with Gasteiger partial charge in [-0.2, -0.15) is 0 Å². The lowest BCUT2D eigenvalue weighted by atomic mass is 10.1. The number of benzene rings is 1. The largest absolute Gasteiger partial charge is 0.469 e. The van der Waals surface area contributed by atoms with Gasteiger partial charge in [-0.1, -0.05) is 15.9 Å². The second kappa shape index (κ2) is 5.53. The van der Waals surface area contributed by atoms with Crippen molar-refractivity contribution < 1.29 is 19.2 Å². The SMILES string of the molecule is COC(=O)Cc1c(Br)ccc(C=O)c1[N+](=O)[O-]. The third kappa shape index (κ3) is 2.88. The van der Waals surface area contributed by atoms with Gasteiger partial charge in [-0.3, -0.25) is 19.7 Å². The molecule has 0 bridgehead atoms. The summed E-state index contributed by atoms with van der Waals surface area (Å²) in [4.78, 5) is 32.1. The number of esters is 1. The maximum atomic E-state index is 11.2. The Balaban J connectivity index is 3.38. The minimum Gasteiger partial charge on any atom is -0.469 e. The molecule has 0 unspecified atom stereocenters. The molecule has 0 aliphatic carbocycles. The van der Waals surface area contributed by atoms with E-state index in [1.54, 1.807) is 0 Å². The first-order valence-corrected chi connectivity index (χ1v) is 5.28. The van der Waals surface area contributed by atoms with Crippen LogP contribution in [-0.2, 0) is 16.0 Å². The molecular formula is C10H8BrNO5. The summed E-state index contributed by atoms with van der Waals surface area (Å²) in [5.74, 6) is -0.614. The van der Waals surface area contributed by atoms with Gasteiger partial charge in [0.15, 0.2) is 6.29 Å². The number of carbonyl (C=O) groups is 2. The lowest BCUT2D eigenvalue weighted by Crippen LogP contribution is -2.09. The second-order valence-corrected chi connectivity index (χ2v) is 3.95. The van der Waals surface area contributed by atoms with E-state index in [0.717, 1.165) is 0 Å². The van der Waals surface area contributed by atoms with E-state index in [4.69, 9.17) is 0 Å². The van der Waals surface area contributed by atoms with Crippen LogP contribution in [0.15, 0.2) is 16.6 Å². The van der Waals surface area contributed by atoms with Crippen LogP contribution in [0.1, 0.15) is 15.9 Å². The van der Waals surface area contributed by atoms with Gasteiger partial charge in [-0.25, -0.2) is 0 Å². The smallest absolute Gasteiger partial charge is 0.310 e. The molecule has 0 spiro atoms. The number of nitrogens with zero attached hydrogens (tertiary/aromatic N) is 1. The topological polar surface area (TPSA) is 86.5 Å². The molecule has 1 aromatic carbocycles. The van der Waals surface area contributed by atoms with E-state index < -0.39 is 10.9 Å². The number of hydrogen-bond acceptors (Lipinski definition) is 5. The summed E-state index contributed by atoms with van der Waals surface area (Å²) in [7, 11) is 1.19. The van der Waals surface area contributed by atoms with Crippen LogP contribution in [-0.4, -0.2) is 24.3 Å². The molecule has 0 aromatic heterocycles. The van der Waals surface area contributed by atoms with E-state index in [9.17, 15) is 19.7 Å². The Bertz CT molecular complexity index is 486. The van der Waals surface area contributed by atoms with E-state index >= 15 is 0 Å². The summed E-state index contributed by atoms with van der Waals surface area (Å²) in [6.45, 7) is 0. The van der Waals surface area contributed by atoms with Crippen LogP contribution < -0.4 is 0 Å². The van der Waals surface area contributed by atoms with Crippen LogP contribution in [0.5, 0.6) is 0 Å². The quantitative estimate of drug-likeness (QED) is 0.367. The van der Waals surface area contributed by atoms with Crippen molar-refractivity contribution in [2.45, 2.75) is 6.42 Å². The zero-order chi connectivity index (χ0) is 13.0. The van der Waals surface area contributed by atoms with Gasteiger partial charge in [0, 0.05) is 4.47 Å². The van der Waals surface area contributed by atoms with Gasteiger partial charge >= 0.3 is 5.97 Å². The molecule has 0 saturated carbocycles. The number of hydrogen-bond donors (Lipinski definition) is 0. The summed E-state index contributed by atoms with van der Waals surface area (Å²) in [6, 6.07) is 2.80. The number of ether oxygens (including phenoxy) is 1. The van der Waals surface area contributed by atoms with Crippen LogP contribution in [0.3, 0.4) is 0 Å². The highest BCUT2D eigenvalue weighted by Gasteiger charge is 2.24. The number of nitro groups is 1. The molecule has 17 heavy (non-hydrogen) atoms. The summed E-state index contributed by atoms with van der Waals surface area (Å²) < 4.78 is 4.84. The van der Waals surface area contributed by atoms with Crippen LogP contribution in [0, 0.1) is 10.1 Å². The molecule has 0 heterocycles. The predicted molar refractivity (Wildman–Crippen MR) is 61.9 cm³/mol. The number of rotatable bonds is 4. The monoisotopic (exact) mass is 301 g/mol. The Morgan fingerprint density at radius 3 is 2.71 bits per heavy atom. The molecule has 0 aliphatic heterocycles. The number of nitro benzene ring substituents is 1. The highest BCUT2D eigenvalue weighted by atomic mass is 79.9. The molecule has 7 heteroatoms. The lowest BCUT2D eigenvalue weighted by molar-refractivity contribution is -0.385. The first kappa shape index (κ1) is 13.3. The van der Waals surface area contributed by atoms with Gasteiger partial charge in [0.25, 0.3) is 5.69 Å². The molecule has 0 N–H and O–H groups in total.